The van der Waals surface area contributed by atoms with Gasteiger partial charge >= 0.3 is 0 Å². The maximum Gasteiger partial charge on any atom is 0.211 e. The molecular weight excluding hydrogens is 278 g/mol. The Balaban J connectivity index is 2.43. The Bertz CT molecular complexity index is 705. The third-order valence-electron chi connectivity index (χ3n) is 2.53. The molecule has 20 heavy (non-hydrogen) atoms. The van der Waals surface area contributed by atoms with Crippen LogP contribution in [0.3, 0.4) is 0 Å². The molecule has 0 aliphatic rings. The number of benzene rings is 1. The second kappa shape index (κ2) is 6.16. The van der Waals surface area contributed by atoms with E-state index in [-0.39, 0.29) is 5.69 Å². The lowest BCUT2D eigenvalue weighted by Gasteiger charge is -2.06. The van der Waals surface area contributed by atoms with Gasteiger partial charge in [-0.1, -0.05) is 11.6 Å². The first kappa shape index (κ1) is 14.0. The number of rotatable bonds is 4. The highest BCUT2D eigenvalue weighted by molar-refractivity contribution is 6.30. The van der Waals surface area contributed by atoms with Gasteiger partial charge in [0.2, 0.25) is 11.2 Å². The lowest BCUT2D eigenvalue weighted by atomic mass is 10.2. The number of nitrogens with zero attached hydrogens (tertiary/aromatic N) is 2. The van der Waals surface area contributed by atoms with E-state index in [1.807, 2.05) is 0 Å². The van der Waals surface area contributed by atoms with Crippen molar-refractivity contribution in [3.05, 3.63) is 69.7 Å². The van der Waals surface area contributed by atoms with Gasteiger partial charge in [0.05, 0.1) is 5.69 Å². The number of hydrogen-bond acceptors (Lipinski definition) is 4. The Hall–Kier alpha value is -2.40. The third kappa shape index (κ3) is 3.13. The molecule has 0 spiro atoms. The Morgan fingerprint density at radius 2 is 2.00 bits per heavy atom. The number of carbonyl (C=O) groups is 1. The first-order valence-corrected chi connectivity index (χ1v) is 6.23. The minimum atomic E-state index is -0.451. The van der Waals surface area contributed by atoms with Crippen LogP contribution in [-0.4, -0.2) is 22.6 Å². The van der Waals surface area contributed by atoms with Crippen molar-refractivity contribution in [1.29, 1.82) is 0 Å². The van der Waals surface area contributed by atoms with Crippen LogP contribution < -0.4 is 10.7 Å². The first-order valence-electron chi connectivity index (χ1n) is 5.86. The largest absolute Gasteiger partial charge is 0.394 e. The molecule has 0 radical (unpaired) electrons. The number of ketones is 1. The number of aromatic nitrogens is 2. The molecule has 1 aromatic heterocycles. The van der Waals surface area contributed by atoms with Crippen molar-refractivity contribution in [2.24, 2.45) is 0 Å². The van der Waals surface area contributed by atoms with E-state index in [0.717, 1.165) is 0 Å². The lowest BCUT2D eigenvalue weighted by molar-refractivity contribution is 0.103. The molecule has 0 aliphatic carbocycles. The van der Waals surface area contributed by atoms with Crippen LogP contribution in [0.1, 0.15) is 10.5 Å². The van der Waals surface area contributed by atoms with E-state index in [2.05, 4.69) is 10.4 Å². The molecule has 0 bridgehead atoms. The van der Waals surface area contributed by atoms with Gasteiger partial charge in [0.15, 0.2) is 5.69 Å². The molecule has 1 aromatic carbocycles. The quantitative estimate of drug-likeness (QED) is 0.689. The van der Waals surface area contributed by atoms with Crippen molar-refractivity contribution in [3.63, 3.8) is 0 Å². The van der Waals surface area contributed by atoms with Crippen LogP contribution in [0.25, 0.3) is 5.69 Å². The number of hydrogen-bond donors (Lipinski definition) is 1. The lowest BCUT2D eigenvalue weighted by Crippen LogP contribution is -2.19. The fourth-order valence-electron chi connectivity index (χ4n) is 1.55. The SMILES string of the molecule is CNC=CC(=O)c1nn(-c2ccc(Cl)cc2)ccc1=O. The fourth-order valence-corrected chi connectivity index (χ4v) is 1.68. The van der Waals surface area contributed by atoms with Crippen LogP contribution in [0.15, 0.2) is 53.6 Å². The summed E-state index contributed by atoms with van der Waals surface area (Å²) >= 11 is 5.81. The summed E-state index contributed by atoms with van der Waals surface area (Å²) in [5.41, 5.74) is 0.163. The van der Waals surface area contributed by atoms with Gasteiger partial charge < -0.3 is 5.32 Å². The summed E-state index contributed by atoms with van der Waals surface area (Å²) < 4.78 is 1.46. The van der Waals surface area contributed by atoms with Crippen LogP contribution >= 0.6 is 11.6 Å². The summed E-state index contributed by atoms with van der Waals surface area (Å²) in [7, 11) is 1.66. The highest BCUT2D eigenvalue weighted by Gasteiger charge is 2.10. The molecule has 0 unspecified atom stereocenters. The van der Waals surface area contributed by atoms with Gasteiger partial charge in [-0.2, -0.15) is 5.10 Å². The van der Waals surface area contributed by atoms with Crippen molar-refractivity contribution < 1.29 is 4.79 Å². The zero-order chi connectivity index (χ0) is 14.5. The highest BCUT2D eigenvalue weighted by atomic mass is 35.5. The monoisotopic (exact) mass is 289 g/mol. The van der Waals surface area contributed by atoms with Crippen LogP contribution in [-0.2, 0) is 0 Å². The van der Waals surface area contributed by atoms with Gasteiger partial charge in [0.1, 0.15) is 0 Å². The fraction of sp³-hybridized carbons (Fsp3) is 0.0714. The van der Waals surface area contributed by atoms with Crippen molar-refractivity contribution in [2.75, 3.05) is 7.05 Å². The minimum absolute atomic E-state index is 0.131. The van der Waals surface area contributed by atoms with Crippen LogP contribution in [0.4, 0.5) is 0 Å². The second-order valence-electron chi connectivity index (χ2n) is 3.94. The third-order valence-corrected chi connectivity index (χ3v) is 2.79. The van der Waals surface area contributed by atoms with E-state index in [0.29, 0.717) is 10.7 Å². The maximum atomic E-state index is 11.8. The van der Waals surface area contributed by atoms with Gasteiger partial charge in [-0.3, -0.25) is 9.59 Å². The summed E-state index contributed by atoms with van der Waals surface area (Å²) in [5, 5.41) is 7.35. The van der Waals surface area contributed by atoms with E-state index < -0.39 is 11.2 Å². The van der Waals surface area contributed by atoms with E-state index >= 15 is 0 Å². The zero-order valence-electron chi connectivity index (χ0n) is 10.7. The van der Waals surface area contributed by atoms with Crippen molar-refractivity contribution in [1.82, 2.24) is 15.1 Å². The second-order valence-corrected chi connectivity index (χ2v) is 4.37. The molecule has 2 aromatic rings. The molecule has 0 amide bonds. The predicted molar refractivity (Wildman–Crippen MR) is 77.4 cm³/mol. The summed E-state index contributed by atoms with van der Waals surface area (Å²) in [6.45, 7) is 0. The molecule has 1 N–H and O–H groups in total. The topological polar surface area (TPSA) is 64.0 Å². The predicted octanol–water partition coefficient (Wildman–Crippen LogP) is 1.80. The summed E-state index contributed by atoms with van der Waals surface area (Å²) in [5.74, 6) is -0.451. The van der Waals surface area contributed by atoms with Crippen LogP contribution in [0.5, 0.6) is 0 Å². The molecule has 0 fully saturated rings. The van der Waals surface area contributed by atoms with E-state index in [1.54, 1.807) is 31.3 Å². The van der Waals surface area contributed by atoms with Gasteiger partial charge in [-0.05, 0) is 24.3 Å². The summed E-state index contributed by atoms with van der Waals surface area (Å²) in [6.07, 6.45) is 4.21. The van der Waals surface area contributed by atoms with Gasteiger partial charge in [0.25, 0.3) is 0 Å². The molecule has 5 nitrogen and oxygen atoms in total. The van der Waals surface area contributed by atoms with Crippen LogP contribution in [0, 0.1) is 0 Å². The van der Waals surface area contributed by atoms with Gasteiger partial charge in [0, 0.05) is 36.6 Å². The Labute approximate surface area is 120 Å². The van der Waals surface area contributed by atoms with E-state index in [4.69, 9.17) is 11.6 Å². The molecule has 102 valence electrons. The molecule has 0 saturated carbocycles. The van der Waals surface area contributed by atoms with E-state index in [9.17, 15) is 9.59 Å². The number of carbonyl (C=O) groups excluding carboxylic acids is 1. The number of nitrogens with one attached hydrogen (secondary N) is 1. The summed E-state index contributed by atoms with van der Waals surface area (Å²) in [6, 6.07) is 8.22. The average Bonchev–Trinajstić information content (AvgIpc) is 2.46. The molecule has 0 aliphatic heterocycles. The van der Waals surface area contributed by atoms with Crippen molar-refractivity contribution in [2.45, 2.75) is 0 Å². The highest BCUT2D eigenvalue weighted by Crippen LogP contribution is 2.12. The molecule has 2 rings (SSSR count). The van der Waals surface area contributed by atoms with Crippen LogP contribution in [0.2, 0.25) is 5.02 Å². The molecule has 0 atom stereocenters. The molecular formula is C14H12ClN3O2. The summed E-state index contributed by atoms with van der Waals surface area (Å²) in [4.78, 5) is 23.5. The molecule has 0 saturated heterocycles. The maximum absolute atomic E-state index is 11.8. The molecule has 6 heteroatoms. The first-order chi connectivity index (χ1) is 9.61. The Kier molecular flexibility index (Phi) is 4.32. The van der Waals surface area contributed by atoms with Crippen molar-refractivity contribution in [3.8, 4) is 5.69 Å². The number of allylic oxidation sites excluding steroid dienone is 1. The zero-order valence-corrected chi connectivity index (χ0v) is 11.5. The minimum Gasteiger partial charge on any atom is -0.394 e. The van der Waals surface area contributed by atoms with Gasteiger partial charge in [-0.15, -0.1) is 0 Å². The Morgan fingerprint density at radius 3 is 2.65 bits per heavy atom. The van der Waals surface area contributed by atoms with Crippen molar-refractivity contribution >= 4 is 17.4 Å². The number of halogens is 1. The standard InChI is InChI=1S/C14H12ClN3O2/c1-16-8-6-12(19)14-13(20)7-9-18(17-14)11-4-2-10(15)3-5-11/h2-9,16H,1H3. The van der Waals surface area contributed by atoms with E-state index in [1.165, 1.54) is 29.2 Å². The average molecular weight is 290 g/mol. The Morgan fingerprint density at radius 1 is 1.30 bits per heavy atom. The smallest absolute Gasteiger partial charge is 0.211 e. The molecule has 1 heterocycles. The van der Waals surface area contributed by atoms with Gasteiger partial charge in [-0.25, -0.2) is 4.68 Å². The normalized spacial score (nSPS) is 10.7.